The van der Waals surface area contributed by atoms with Crippen LogP contribution in [-0.2, 0) is 13.0 Å². The van der Waals surface area contributed by atoms with Crippen LogP contribution in [0.3, 0.4) is 0 Å². The van der Waals surface area contributed by atoms with E-state index >= 15 is 0 Å². The van der Waals surface area contributed by atoms with Crippen molar-refractivity contribution in [3.8, 4) is 5.75 Å². The lowest BCUT2D eigenvalue weighted by Gasteiger charge is -2.09. The minimum atomic E-state index is -0.898. The lowest BCUT2D eigenvalue weighted by atomic mass is 10.1. The molecule has 0 heterocycles. The summed E-state index contributed by atoms with van der Waals surface area (Å²) in [7, 11) is 1.68. The van der Waals surface area contributed by atoms with Gasteiger partial charge in [0.25, 0.3) is 0 Å². The second-order valence-corrected chi connectivity index (χ2v) is 4.74. The van der Waals surface area contributed by atoms with Crippen LogP contribution in [-0.4, -0.2) is 24.7 Å². The average molecular weight is 322 g/mol. The summed E-state index contributed by atoms with van der Waals surface area (Å²) in [6.45, 7) is 1.55. The number of nitrogens with one attached hydrogen (secondary N) is 1. The topological polar surface area (TPSA) is 58.6 Å². The van der Waals surface area contributed by atoms with E-state index in [4.69, 9.17) is 9.84 Å². The standard InChI is InChI=1S/C17H19NO3.ClH/c1-21-16-5-3-2-4-14(16)10-11-18-12-13-6-8-15(9-7-13)17(19)20;/h2-9,18H,10-12H2,1H3,(H,19,20);1H. The SMILES string of the molecule is COc1ccccc1CCNCc1ccc(C(=O)O)cc1.Cl. The molecule has 0 saturated carbocycles. The van der Waals surface area contributed by atoms with E-state index in [9.17, 15) is 4.79 Å². The molecule has 118 valence electrons. The van der Waals surface area contributed by atoms with Crippen molar-refractivity contribution in [1.29, 1.82) is 0 Å². The van der Waals surface area contributed by atoms with Gasteiger partial charge in [-0.25, -0.2) is 4.79 Å². The number of methoxy groups -OCH3 is 1. The van der Waals surface area contributed by atoms with Crippen LogP contribution in [0, 0.1) is 0 Å². The van der Waals surface area contributed by atoms with Gasteiger partial charge in [0.05, 0.1) is 12.7 Å². The quantitative estimate of drug-likeness (QED) is 0.769. The molecule has 0 radical (unpaired) electrons. The number of halogens is 1. The number of hydrogen-bond acceptors (Lipinski definition) is 3. The Morgan fingerprint density at radius 1 is 1.14 bits per heavy atom. The van der Waals surface area contributed by atoms with E-state index < -0.39 is 5.97 Å². The Hall–Kier alpha value is -2.04. The van der Waals surface area contributed by atoms with Gasteiger partial charge in [-0.2, -0.15) is 0 Å². The van der Waals surface area contributed by atoms with Crippen molar-refractivity contribution < 1.29 is 14.6 Å². The maximum atomic E-state index is 10.8. The molecule has 2 aromatic rings. The van der Waals surface area contributed by atoms with Gasteiger partial charge in [0.2, 0.25) is 0 Å². The van der Waals surface area contributed by atoms with Gasteiger partial charge in [-0.15, -0.1) is 12.4 Å². The number of carbonyl (C=O) groups is 1. The molecule has 2 aromatic carbocycles. The molecule has 0 aromatic heterocycles. The maximum Gasteiger partial charge on any atom is 0.335 e. The molecule has 0 amide bonds. The van der Waals surface area contributed by atoms with E-state index in [1.807, 2.05) is 30.3 Å². The normalized spacial score (nSPS) is 9.86. The zero-order chi connectivity index (χ0) is 15.1. The highest BCUT2D eigenvalue weighted by Gasteiger charge is 2.03. The van der Waals surface area contributed by atoms with Crippen LogP contribution in [0.2, 0.25) is 0 Å². The Labute approximate surface area is 136 Å². The summed E-state index contributed by atoms with van der Waals surface area (Å²) in [5.74, 6) is 0.00999. The predicted octanol–water partition coefficient (Wildman–Crippen LogP) is 3.15. The molecule has 0 fully saturated rings. The van der Waals surface area contributed by atoms with E-state index in [-0.39, 0.29) is 12.4 Å². The van der Waals surface area contributed by atoms with Crippen molar-refractivity contribution >= 4 is 18.4 Å². The fourth-order valence-corrected chi connectivity index (χ4v) is 2.13. The molecule has 5 heteroatoms. The van der Waals surface area contributed by atoms with Crippen LogP contribution in [0.5, 0.6) is 5.75 Å². The summed E-state index contributed by atoms with van der Waals surface area (Å²) >= 11 is 0. The van der Waals surface area contributed by atoms with Crippen molar-refractivity contribution in [1.82, 2.24) is 5.32 Å². The van der Waals surface area contributed by atoms with Crippen LogP contribution < -0.4 is 10.1 Å². The molecule has 0 aliphatic heterocycles. The number of hydrogen-bond donors (Lipinski definition) is 2. The molecule has 0 unspecified atom stereocenters. The largest absolute Gasteiger partial charge is 0.496 e. The molecular formula is C17H20ClNO3. The van der Waals surface area contributed by atoms with Crippen molar-refractivity contribution in [3.63, 3.8) is 0 Å². The van der Waals surface area contributed by atoms with Gasteiger partial charge >= 0.3 is 5.97 Å². The summed E-state index contributed by atoms with van der Waals surface area (Å²) < 4.78 is 5.31. The molecule has 0 aliphatic rings. The molecule has 2 rings (SSSR count). The summed E-state index contributed by atoms with van der Waals surface area (Å²) in [5.41, 5.74) is 2.56. The molecule has 0 bridgehead atoms. The highest BCUT2D eigenvalue weighted by molar-refractivity contribution is 5.87. The van der Waals surface area contributed by atoms with Gasteiger partial charge in [-0.3, -0.25) is 0 Å². The van der Waals surface area contributed by atoms with Crippen LogP contribution in [0.25, 0.3) is 0 Å². The maximum absolute atomic E-state index is 10.8. The Morgan fingerprint density at radius 2 is 1.82 bits per heavy atom. The first-order chi connectivity index (χ1) is 10.2. The summed E-state index contributed by atoms with van der Waals surface area (Å²) in [6, 6.07) is 14.9. The Morgan fingerprint density at radius 3 is 2.45 bits per heavy atom. The smallest absolute Gasteiger partial charge is 0.335 e. The number of carboxylic acids is 1. The van der Waals surface area contributed by atoms with Crippen molar-refractivity contribution in [2.24, 2.45) is 0 Å². The van der Waals surface area contributed by atoms with Crippen molar-refractivity contribution in [3.05, 3.63) is 65.2 Å². The lowest BCUT2D eigenvalue weighted by molar-refractivity contribution is 0.0697. The van der Waals surface area contributed by atoms with E-state index in [1.54, 1.807) is 19.2 Å². The van der Waals surface area contributed by atoms with Crippen LogP contribution in [0.4, 0.5) is 0 Å². The van der Waals surface area contributed by atoms with E-state index in [2.05, 4.69) is 11.4 Å². The monoisotopic (exact) mass is 321 g/mol. The molecule has 4 nitrogen and oxygen atoms in total. The molecule has 0 spiro atoms. The van der Waals surface area contributed by atoms with E-state index in [0.29, 0.717) is 5.56 Å². The van der Waals surface area contributed by atoms with Gasteiger partial charge in [-0.05, 0) is 42.3 Å². The molecule has 0 atom stereocenters. The third-order valence-electron chi connectivity index (χ3n) is 3.29. The van der Waals surface area contributed by atoms with Gasteiger partial charge in [0.1, 0.15) is 5.75 Å². The average Bonchev–Trinajstić information content (AvgIpc) is 2.52. The first-order valence-corrected chi connectivity index (χ1v) is 6.85. The minimum absolute atomic E-state index is 0. The molecule has 0 aliphatic carbocycles. The number of aromatic carboxylic acids is 1. The fourth-order valence-electron chi connectivity index (χ4n) is 2.13. The summed E-state index contributed by atoms with van der Waals surface area (Å²) in [5, 5.41) is 12.2. The van der Waals surface area contributed by atoms with E-state index in [1.165, 1.54) is 5.56 Å². The third-order valence-corrected chi connectivity index (χ3v) is 3.29. The number of carboxylic acid groups (broad SMARTS) is 1. The Kier molecular flexibility index (Phi) is 7.43. The molecular weight excluding hydrogens is 302 g/mol. The van der Waals surface area contributed by atoms with Crippen LogP contribution in [0.1, 0.15) is 21.5 Å². The van der Waals surface area contributed by atoms with Crippen LogP contribution in [0.15, 0.2) is 48.5 Å². The first kappa shape index (κ1) is 18.0. The van der Waals surface area contributed by atoms with E-state index in [0.717, 1.165) is 30.8 Å². The zero-order valence-corrected chi connectivity index (χ0v) is 13.2. The summed E-state index contributed by atoms with van der Waals surface area (Å²) in [6.07, 6.45) is 0.886. The van der Waals surface area contributed by atoms with Crippen molar-refractivity contribution in [2.75, 3.05) is 13.7 Å². The van der Waals surface area contributed by atoms with Crippen molar-refractivity contribution in [2.45, 2.75) is 13.0 Å². The zero-order valence-electron chi connectivity index (χ0n) is 12.4. The second kappa shape index (κ2) is 9.07. The number of para-hydroxylation sites is 1. The molecule has 0 saturated heterocycles. The number of ether oxygens (including phenoxy) is 1. The van der Waals surface area contributed by atoms with Gasteiger partial charge in [0.15, 0.2) is 0 Å². The Bertz CT molecular complexity index is 599. The number of rotatable bonds is 7. The Balaban J connectivity index is 0.00000242. The highest BCUT2D eigenvalue weighted by atomic mass is 35.5. The lowest BCUT2D eigenvalue weighted by Crippen LogP contribution is -2.17. The number of benzene rings is 2. The summed E-state index contributed by atoms with van der Waals surface area (Å²) in [4.78, 5) is 10.8. The predicted molar refractivity (Wildman–Crippen MR) is 89.1 cm³/mol. The van der Waals surface area contributed by atoms with Crippen LogP contribution >= 0.6 is 12.4 Å². The minimum Gasteiger partial charge on any atom is -0.496 e. The van der Waals surface area contributed by atoms with Gasteiger partial charge in [0, 0.05) is 6.54 Å². The molecule has 22 heavy (non-hydrogen) atoms. The molecule has 2 N–H and O–H groups in total. The van der Waals surface area contributed by atoms with Gasteiger partial charge in [-0.1, -0.05) is 30.3 Å². The first-order valence-electron chi connectivity index (χ1n) is 6.85. The third kappa shape index (κ3) is 5.06. The fraction of sp³-hybridized carbons (Fsp3) is 0.235. The highest BCUT2D eigenvalue weighted by Crippen LogP contribution is 2.17. The van der Waals surface area contributed by atoms with Gasteiger partial charge < -0.3 is 15.2 Å². The second-order valence-electron chi connectivity index (χ2n) is 4.74.